The second-order valence-corrected chi connectivity index (χ2v) is 9.94. The number of pyridine rings is 1. The maximum Gasteiger partial charge on any atom is 0.419 e. The molecule has 0 aliphatic rings. The highest BCUT2D eigenvalue weighted by Gasteiger charge is 2.37. The van der Waals surface area contributed by atoms with E-state index in [0.717, 1.165) is 16.4 Å². The summed E-state index contributed by atoms with van der Waals surface area (Å²) in [6, 6.07) is 2.95. The molecule has 15 heteroatoms. The summed E-state index contributed by atoms with van der Waals surface area (Å²) < 4.78 is 78.9. The van der Waals surface area contributed by atoms with Gasteiger partial charge in [-0.15, -0.1) is 14.1 Å². The monoisotopic (exact) mass is 490 g/mol. The summed E-state index contributed by atoms with van der Waals surface area (Å²) in [5.41, 5.74) is -1.73. The summed E-state index contributed by atoms with van der Waals surface area (Å²) in [4.78, 5) is 11.3. The van der Waals surface area contributed by atoms with E-state index in [1.54, 1.807) is 6.92 Å². The van der Waals surface area contributed by atoms with Crippen LogP contribution < -0.4 is 0 Å². The number of fused-ring (bicyclic) bond motifs is 1. The lowest BCUT2D eigenvalue weighted by atomic mass is 10.1. The molecule has 8 nitrogen and oxygen atoms in total. The minimum Gasteiger partial charge on any atom is -0.246 e. The lowest BCUT2D eigenvalue weighted by Gasteiger charge is -2.12. The van der Waals surface area contributed by atoms with Crippen LogP contribution in [0.2, 0.25) is 0 Å². The zero-order chi connectivity index (χ0) is 22.6. The van der Waals surface area contributed by atoms with Crippen molar-refractivity contribution in [1.29, 1.82) is 0 Å². The average molecular weight is 490 g/mol. The molecule has 0 saturated heterocycles. The molecule has 0 unspecified atom stereocenters. The number of halogens is 4. The van der Waals surface area contributed by atoms with Gasteiger partial charge in [-0.1, -0.05) is 11.3 Å². The number of hydrogen-bond donors (Lipinski definition) is 0. The van der Waals surface area contributed by atoms with Gasteiger partial charge in [0.1, 0.15) is 16.3 Å². The van der Waals surface area contributed by atoms with E-state index in [1.165, 1.54) is 23.5 Å². The van der Waals surface area contributed by atoms with E-state index in [4.69, 9.17) is 0 Å². The Morgan fingerprint density at radius 3 is 2.48 bits per heavy atom. The second kappa shape index (κ2) is 7.49. The smallest absolute Gasteiger partial charge is 0.246 e. The van der Waals surface area contributed by atoms with Crippen LogP contribution in [0.25, 0.3) is 33.0 Å². The van der Waals surface area contributed by atoms with Gasteiger partial charge in [-0.05, 0) is 19.1 Å². The Labute approximate surface area is 180 Å². The summed E-state index contributed by atoms with van der Waals surface area (Å²) in [6.45, 7) is 1.74. The molecule has 0 atom stereocenters. The molecular weight excluding hydrogens is 480 g/mol. The number of sulfone groups is 1. The number of rotatable bonds is 4. The van der Waals surface area contributed by atoms with E-state index >= 15 is 0 Å². The Balaban J connectivity index is 2.00. The molecule has 162 valence electrons. The predicted octanol–water partition coefficient (Wildman–Crippen LogP) is 4.12. The second-order valence-electron chi connectivity index (χ2n) is 6.32. The van der Waals surface area contributed by atoms with Crippen LogP contribution in [0.1, 0.15) is 10.6 Å². The zero-order valence-corrected chi connectivity index (χ0v) is 18.0. The Bertz CT molecular complexity index is 1410. The van der Waals surface area contributed by atoms with Crippen LogP contribution in [0.4, 0.5) is 17.1 Å². The first kappa shape index (κ1) is 21.6. The molecule has 0 aliphatic carbocycles. The van der Waals surface area contributed by atoms with Gasteiger partial charge in [-0.3, -0.25) is 0 Å². The van der Waals surface area contributed by atoms with Crippen molar-refractivity contribution in [3.63, 3.8) is 0 Å². The molecule has 0 aromatic carbocycles. The van der Waals surface area contributed by atoms with E-state index in [2.05, 4.69) is 25.1 Å². The van der Waals surface area contributed by atoms with Crippen LogP contribution >= 0.6 is 23.7 Å². The van der Waals surface area contributed by atoms with Crippen molar-refractivity contribution in [3.8, 4) is 22.0 Å². The summed E-state index contributed by atoms with van der Waals surface area (Å²) in [7, 11) is -3.99. The molecule has 0 bridgehead atoms. The molecule has 0 spiro atoms. The summed E-state index contributed by atoms with van der Waals surface area (Å²) in [5, 5.41) is 8.33. The van der Waals surface area contributed by atoms with Crippen molar-refractivity contribution in [1.82, 2.24) is 29.1 Å². The maximum absolute atomic E-state index is 13.6. The van der Waals surface area contributed by atoms with Crippen LogP contribution in [0.5, 0.6) is 0 Å². The van der Waals surface area contributed by atoms with Gasteiger partial charge < -0.3 is 0 Å². The Morgan fingerprint density at radius 2 is 1.90 bits per heavy atom. The summed E-state index contributed by atoms with van der Waals surface area (Å²) in [5.74, 6) is 0. The standard InChI is InChI=1S/C16H10F4N6O2S3/c1-7-24-25-14(29-7)11-4-3-8-9(6-26(30-20)13(8)22-11)12-10(16(17,18)19)5-21-15(23-12)31(2,27)28/h3-6H,1-2H3. The van der Waals surface area contributed by atoms with Crippen LogP contribution in [0, 0.1) is 6.92 Å². The lowest BCUT2D eigenvalue weighted by molar-refractivity contribution is -0.137. The molecule has 4 aromatic heterocycles. The van der Waals surface area contributed by atoms with E-state index in [-0.39, 0.29) is 28.9 Å². The third kappa shape index (κ3) is 3.99. The van der Waals surface area contributed by atoms with Gasteiger partial charge in [0.25, 0.3) is 0 Å². The number of hydrogen-bond acceptors (Lipinski definition) is 9. The summed E-state index contributed by atoms with van der Waals surface area (Å²) in [6.07, 6.45) is -2.63. The van der Waals surface area contributed by atoms with Gasteiger partial charge in [0, 0.05) is 29.6 Å². The molecule has 0 amide bonds. The highest BCUT2D eigenvalue weighted by molar-refractivity contribution is 7.92. The number of alkyl halides is 3. The quantitative estimate of drug-likeness (QED) is 0.311. The molecule has 0 aliphatic heterocycles. The number of aromatic nitrogens is 6. The zero-order valence-electron chi connectivity index (χ0n) is 15.5. The molecular formula is C16H10F4N6O2S3. The molecule has 0 saturated carbocycles. The fourth-order valence-corrected chi connectivity index (χ4v) is 4.30. The first-order valence-electron chi connectivity index (χ1n) is 8.25. The Hall–Kier alpha value is -2.65. The highest BCUT2D eigenvalue weighted by Crippen LogP contribution is 2.40. The fourth-order valence-electron chi connectivity index (χ4n) is 2.79. The largest absolute Gasteiger partial charge is 0.419 e. The SMILES string of the molecule is Cc1nnc(-c2ccc3c(-c4nc(S(C)(=O)=O)ncc4C(F)(F)F)cn(SF)c3n2)s1. The van der Waals surface area contributed by atoms with Crippen molar-refractivity contribution < 1.29 is 25.5 Å². The molecule has 4 heterocycles. The van der Waals surface area contributed by atoms with Crippen molar-refractivity contribution in [2.24, 2.45) is 0 Å². The van der Waals surface area contributed by atoms with E-state index in [9.17, 15) is 25.5 Å². The average Bonchev–Trinajstić information content (AvgIpc) is 3.29. The Kier molecular flexibility index (Phi) is 5.21. The molecule has 0 radical (unpaired) electrons. The minimum atomic E-state index is -4.87. The van der Waals surface area contributed by atoms with Gasteiger partial charge in [0.05, 0.1) is 5.69 Å². The third-order valence-corrected chi connectivity index (χ3v) is 6.25. The normalized spacial score (nSPS) is 12.6. The van der Waals surface area contributed by atoms with Gasteiger partial charge in [-0.2, -0.15) is 13.2 Å². The van der Waals surface area contributed by atoms with Crippen LogP contribution in [0.3, 0.4) is 0 Å². The van der Waals surface area contributed by atoms with Gasteiger partial charge in [0.15, 0.2) is 23.0 Å². The van der Waals surface area contributed by atoms with Crippen LogP contribution in [-0.2, 0) is 16.0 Å². The van der Waals surface area contributed by atoms with Crippen molar-refractivity contribution >= 4 is 44.5 Å². The maximum atomic E-state index is 13.6. The first-order valence-corrected chi connectivity index (χ1v) is 11.6. The molecule has 4 aromatic rings. The first-order chi connectivity index (χ1) is 14.5. The van der Waals surface area contributed by atoms with Gasteiger partial charge >= 0.3 is 6.18 Å². The van der Waals surface area contributed by atoms with E-state index < -0.39 is 32.4 Å². The molecule has 0 fully saturated rings. The van der Waals surface area contributed by atoms with Crippen LogP contribution in [0.15, 0.2) is 29.7 Å². The minimum absolute atomic E-state index is 0.0143. The topological polar surface area (TPSA) is 104 Å². The van der Waals surface area contributed by atoms with E-state index in [1.807, 2.05) is 0 Å². The Morgan fingerprint density at radius 1 is 1.16 bits per heavy atom. The molecule has 4 rings (SSSR count). The van der Waals surface area contributed by atoms with Gasteiger partial charge in [-0.25, -0.2) is 27.3 Å². The van der Waals surface area contributed by atoms with Gasteiger partial charge in [0.2, 0.25) is 15.0 Å². The molecule has 0 N–H and O–H groups in total. The van der Waals surface area contributed by atoms with Crippen LogP contribution in [-0.4, -0.2) is 43.8 Å². The highest BCUT2D eigenvalue weighted by atomic mass is 32.2. The predicted molar refractivity (Wildman–Crippen MR) is 107 cm³/mol. The third-order valence-electron chi connectivity index (χ3n) is 4.10. The van der Waals surface area contributed by atoms with Crippen molar-refractivity contribution in [2.45, 2.75) is 18.3 Å². The lowest BCUT2D eigenvalue weighted by Crippen LogP contribution is -2.13. The number of aryl methyl sites for hydroxylation is 1. The fraction of sp³-hybridized carbons (Fsp3) is 0.188. The number of nitrogens with zero attached hydrogens (tertiary/aromatic N) is 6. The van der Waals surface area contributed by atoms with E-state index in [0.29, 0.717) is 21.9 Å². The summed E-state index contributed by atoms with van der Waals surface area (Å²) >= 11 is 0.971. The van der Waals surface area contributed by atoms with Crippen molar-refractivity contribution in [3.05, 3.63) is 35.1 Å². The molecule has 31 heavy (non-hydrogen) atoms. The van der Waals surface area contributed by atoms with Crippen molar-refractivity contribution in [2.75, 3.05) is 6.26 Å².